The Kier molecular flexibility index (Phi) is 5.01. The number of aliphatic hydroxyl groups is 1. The van der Waals surface area contributed by atoms with Crippen LogP contribution in [0.1, 0.15) is 12.8 Å². The van der Waals surface area contributed by atoms with Crippen LogP contribution in [-0.2, 0) is 14.3 Å². The van der Waals surface area contributed by atoms with Gasteiger partial charge in [-0.25, -0.2) is 0 Å². The van der Waals surface area contributed by atoms with Crippen LogP contribution in [-0.4, -0.2) is 50.6 Å². The topological polar surface area (TPSA) is 67.8 Å². The molecule has 1 fully saturated rings. The highest BCUT2D eigenvalue weighted by atomic mass is 16.5. The van der Waals surface area contributed by atoms with Crippen LogP contribution in [0.25, 0.3) is 0 Å². The minimum absolute atomic E-state index is 0.0476. The maximum absolute atomic E-state index is 11.4. The van der Waals surface area contributed by atoms with Crippen molar-refractivity contribution in [2.24, 2.45) is 5.92 Å². The Morgan fingerprint density at radius 2 is 2.20 bits per heavy atom. The molecule has 15 heavy (non-hydrogen) atoms. The Bertz CT molecular complexity index is 206. The number of methoxy groups -OCH3 is 2. The van der Waals surface area contributed by atoms with E-state index in [0.717, 1.165) is 12.8 Å². The van der Waals surface area contributed by atoms with Crippen molar-refractivity contribution in [1.82, 2.24) is 5.32 Å². The molecule has 1 aliphatic rings. The average Bonchev–Trinajstić information content (AvgIpc) is 3.07. The van der Waals surface area contributed by atoms with Gasteiger partial charge in [-0.15, -0.1) is 0 Å². The molecule has 1 saturated carbocycles. The molecule has 2 N–H and O–H groups in total. The Hall–Kier alpha value is -0.650. The number of hydrogen-bond acceptors (Lipinski definition) is 5. The fourth-order valence-corrected chi connectivity index (χ4v) is 1.56. The minimum atomic E-state index is -0.303. The molecule has 2 unspecified atom stereocenters. The SMILES string of the molecule is COCC(CO)NC(C(=O)OC)C1CC1. The van der Waals surface area contributed by atoms with Gasteiger partial charge in [0.2, 0.25) is 0 Å². The summed E-state index contributed by atoms with van der Waals surface area (Å²) in [4.78, 5) is 11.4. The summed E-state index contributed by atoms with van der Waals surface area (Å²) < 4.78 is 9.65. The summed E-state index contributed by atoms with van der Waals surface area (Å²) in [7, 11) is 2.94. The van der Waals surface area contributed by atoms with E-state index in [0.29, 0.717) is 12.5 Å². The fourth-order valence-electron chi connectivity index (χ4n) is 1.56. The molecule has 0 radical (unpaired) electrons. The second-order valence-corrected chi connectivity index (χ2v) is 3.84. The summed E-state index contributed by atoms with van der Waals surface area (Å²) in [5.41, 5.74) is 0. The summed E-state index contributed by atoms with van der Waals surface area (Å²) in [5.74, 6) is 0.0930. The molecule has 0 amide bonds. The molecule has 0 aliphatic heterocycles. The standard InChI is InChI=1S/C10H19NO4/c1-14-6-8(5-12)11-9(7-3-4-7)10(13)15-2/h7-9,11-12H,3-6H2,1-2H3. The third kappa shape index (κ3) is 3.77. The zero-order valence-electron chi connectivity index (χ0n) is 9.23. The maximum atomic E-state index is 11.4. The van der Waals surface area contributed by atoms with Crippen LogP contribution in [0, 0.1) is 5.92 Å². The molecular weight excluding hydrogens is 198 g/mol. The molecule has 0 bridgehead atoms. The first-order valence-corrected chi connectivity index (χ1v) is 5.16. The van der Waals surface area contributed by atoms with E-state index in [1.807, 2.05) is 0 Å². The lowest BCUT2D eigenvalue weighted by atomic mass is 10.1. The predicted molar refractivity (Wildman–Crippen MR) is 54.4 cm³/mol. The van der Waals surface area contributed by atoms with Crippen molar-refractivity contribution >= 4 is 5.97 Å². The Morgan fingerprint density at radius 1 is 1.53 bits per heavy atom. The number of rotatable bonds is 7. The number of carbonyl (C=O) groups is 1. The first-order valence-electron chi connectivity index (χ1n) is 5.16. The van der Waals surface area contributed by atoms with Crippen molar-refractivity contribution < 1.29 is 19.4 Å². The summed E-state index contributed by atoms with van der Waals surface area (Å²) in [5, 5.41) is 12.1. The van der Waals surface area contributed by atoms with Crippen molar-refractivity contribution in [1.29, 1.82) is 0 Å². The van der Waals surface area contributed by atoms with E-state index in [-0.39, 0.29) is 24.7 Å². The Morgan fingerprint density at radius 3 is 2.60 bits per heavy atom. The minimum Gasteiger partial charge on any atom is -0.468 e. The lowest BCUT2D eigenvalue weighted by molar-refractivity contribution is -0.144. The molecule has 0 saturated heterocycles. The van der Waals surface area contributed by atoms with Gasteiger partial charge in [0.25, 0.3) is 0 Å². The largest absolute Gasteiger partial charge is 0.468 e. The number of aliphatic hydroxyl groups excluding tert-OH is 1. The average molecular weight is 217 g/mol. The summed E-state index contributed by atoms with van der Waals surface area (Å²) in [6, 6.07) is -0.512. The molecule has 0 aromatic heterocycles. The van der Waals surface area contributed by atoms with E-state index in [9.17, 15) is 4.79 Å². The lowest BCUT2D eigenvalue weighted by Crippen LogP contribution is -2.48. The van der Waals surface area contributed by atoms with Gasteiger partial charge in [-0.2, -0.15) is 0 Å². The van der Waals surface area contributed by atoms with Crippen LogP contribution in [0.2, 0.25) is 0 Å². The Balaban J connectivity index is 2.45. The molecule has 0 aromatic rings. The number of hydrogen-bond donors (Lipinski definition) is 2. The van der Waals surface area contributed by atoms with E-state index < -0.39 is 0 Å². The summed E-state index contributed by atoms with van der Waals surface area (Å²) in [6.45, 7) is 0.338. The molecule has 5 heteroatoms. The molecule has 0 heterocycles. The van der Waals surface area contributed by atoms with Crippen LogP contribution in [0.15, 0.2) is 0 Å². The van der Waals surface area contributed by atoms with Gasteiger partial charge < -0.3 is 14.6 Å². The highest BCUT2D eigenvalue weighted by Gasteiger charge is 2.37. The fraction of sp³-hybridized carbons (Fsp3) is 0.900. The summed E-state index contributed by atoms with van der Waals surface area (Å²) >= 11 is 0. The van der Waals surface area contributed by atoms with Crippen molar-refractivity contribution in [3.8, 4) is 0 Å². The van der Waals surface area contributed by atoms with Gasteiger partial charge in [-0.3, -0.25) is 10.1 Å². The molecule has 2 atom stereocenters. The van der Waals surface area contributed by atoms with Crippen LogP contribution in [0.5, 0.6) is 0 Å². The van der Waals surface area contributed by atoms with E-state index in [1.54, 1.807) is 7.11 Å². The highest BCUT2D eigenvalue weighted by Crippen LogP contribution is 2.33. The van der Waals surface area contributed by atoms with Gasteiger partial charge in [0.05, 0.1) is 26.4 Å². The van der Waals surface area contributed by atoms with Crippen LogP contribution >= 0.6 is 0 Å². The lowest BCUT2D eigenvalue weighted by Gasteiger charge is -2.22. The first kappa shape index (κ1) is 12.4. The van der Waals surface area contributed by atoms with Crippen molar-refractivity contribution in [3.05, 3.63) is 0 Å². The van der Waals surface area contributed by atoms with E-state index in [4.69, 9.17) is 14.6 Å². The third-order valence-corrected chi connectivity index (χ3v) is 2.55. The summed E-state index contributed by atoms with van der Waals surface area (Å²) in [6.07, 6.45) is 2.08. The molecule has 1 rings (SSSR count). The quantitative estimate of drug-likeness (QED) is 0.565. The van der Waals surface area contributed by atoms with E-state index >= 15 is 0 Å². The van der Waals surface area contributed by atoms with Gasteiger partial charge in [0.1, 0.15) is 6.04 Å². The first-order chi connectivity index (χ1) is 7.22. The molecule has 1 aliphatic carbocycles. The zero-order valence-corrected chi connectivity index (χ0v) is 9.23. The Labute approximate surface area is 89.8 Å². The third-order valence-electron chi connectivity index (χ3n) is 2.55. The highest BCUT2D eigenvalue weighted by molar-refractivity contribution is 5.76. The van der Waals surface area contributed by atoms with Crippen molar-refractivity contribution in [2.45, 2.75) is 24.9 Å². The number of ether oxygens (including phenoxy) is 2. The van der Waals surface area contributed by atoms with E-state index in [2.05, 4.69) is 5.32 Å². The second kappa shape index (κ2) is 6.05. The van der Waals surface area contributed by atoms with E-state index in [1.165, 1.54) is 7.11 Å². The van der Waals surface area contributed by atoms with Gasteiger partial charge in [0.15, 0.2) is 0 Å². The molecule has 0 spiro atoms. The van der Waals surface area contributed by atoms with Crippen LogP contribution in [0.3, 0.4) is 0 Å². The second-order valence-electron chi connectivity index (χ2n) is 3.84. The van der Waals surface area contributed by atoms with Crippen LogP contribution in [0.4, 0.5) is 0 Å². The zero-order chi connectivity index (χ0) is 11.3. The molecule has 5 nitrogen and oxygen atoms in total. The van der Waals surface area contributed by atoms with Gasteiger partial charge in [0, 0.05) is 7.11 Å². The van der Waals surface area contributed by atoms with Crippen LogP contribution < -0.4 is 5.32 Å². The smallest absolute Gasteiger partial charge is 0.323 e. The monoisotopic (exact) mass is 217 g/mol. The number of nitrogens with one attached hydrogen (secondary N) is 1. The van der Waals surface area contributed by atoms with Gasteiger partial charge >= 0.3 is 5.97 Å². The molecule has 88 valence electrons. The van der Waals surface area contributed by atoms with Crippen molar-refractivity contribution in [2.75, 3.05) is 27.4 Å². The normalized spacial score (nSPS) is 19.7. The van der Waals surface area contributed by atoms with Crippen molar-refractivity contribution in [3.63, 3.8) is 0 Å². The predicted octanol–water partition coefficient (Wildman–Crippen LogP) is -0.465. The maximum Gasteiger partial charge on any atom is 0.323 e. The van der Waals surface area contributed by atoms with Gasteiger partial charge in [-0.05, 0) is 18.8 Å². The number of carbonyl (C=O) groups excluding carboxylic acids is 1. The molecular formula is C10H19NO4. The molecule has 0 aromatic carbocycles. The number of esters is 1. The van der Waals surface area contributed by atoms with Gasteiger partial charge in [-0.1, -0.05) is 0 Å².